The normalized spacial score (nSPS) is 11.3. The molecule has 5 heteroatoms. The number of aromatic nitrogens is 2. The standard InChI is InChI=1S/C16H10BrN3S/c17-10-5-6-12-11(8-10)15(18)20-16(19-12)14-7-9-3-1-2-4-13(9)21-14/h1-8H,(H2,18,19,20). The molecule has 0 aliphatic carbocycles. The topological polar surface area (TPSA) is 51.8 Å². The Morgan fingerprint density at radius 1 is 1.00 bits per heavy atom. The monoisotopic (exact) mass is 355 g/mol. The van der Waals surface area contributed by atoms with Gasteiger partial charge in [0, 0.05) is 14.6 Å². The van der Waals surface area contributed by atoms with E-state index in [1.54, 1.807) is 11.3 Å². The van der Waals surface area contributed by atoms with Crippen LogP contribution >= 0.6 is 27.3 Å². The van der Waals surface area contributed by atoms with Gasteiger partial charge in [-0.15, -0.1) is 11.3 Å². The maximum atomic E-state index is 6.09. The molecule has 0 bridgehead atoms. The zero-order valence-corrected chi connectivity index (χ0v) is 13.3. The van der Waals surface area contributed by atoms with E-state index in [0.29, 0.717) is 11.6 Å². The van der Waals surface area contributed by atoms with Crippen LogP contribution in [0.15, 0.2) is 53.0 Å². The Labute approximate surface area is 133 Å². The molecule has 0 aliphatic rings. The van der Waals surface area contributed by atoms with E-state index >= 15 is 0 Å². The highest BCUT2D eigenvalue weighted by molar-refractivity contribution is 9.10. The lowest BCUT2D eigenvalue weighted by Crippen LogP contribution is -1.96. The fraction of sp³-hybridized carbons (Fsp3) is 0. The molecule has 0 spiro atoms. The van der Waals surface area contributed by atoms with Gasteiger partial charge in [0.1, 0.15) is 5.82 Å². The number of thiophene rings is 1. The summed E-state index contributed by atoms with van der Waals surface area (Å²) in [4.78, 5) is 10.1. The van der Waals surface area contributed by atoms with Gasteiger partial charge in [-0.2, -0.15) is 0 Å². The molecule has 0 saturated carbocycles. The first-order valence-corrected chi connectivity index (χ1v) is 8.03. The van der Waals surface area contributed by atoms with E-state index in [1.807, 2.05) is 30.3 Å². The number of hydrogen-bond acceptors (Lipinski definition) is 4. The average molecular weight is 356 g/mol. The first-order valence-electron chi connectivity index (χ1n) is 6.42. The molecule has 0 atom stereocenters. The average Bonchev–Trinajstić information content (AvgIpc) is 2.92. The highest BCUT2D eigenvalue weighted by atomic mass is 79.9. The highest BCUT2D eigenvalue weighted by Gasteiger charge is 2.10. The number of hydrogen-bond donors (Lipinski definition) is 1. The Kier molecular flexibility index (Phi) is 2.90. The Morgan fingerprint density at radius 3 is 2.71 bits per heavy atom. The largest absolute Gasteiger partial charge is 0.383 e. The number of nitrogen functional groups attached to an aromatic ring is 1. The smallest absolute Gasteiger partial charge is 0.172 e. The molecule has 2 aromatic carbocycles. The highest BCUT2D eigenvalue weighted by Crippen LogP contribution is 2.33. The number of anilines is 1. The zero-order valence-electron chi connectivity index (χ0n) is 10.9. The van der Waals surface area contributed by atoms with Crippen molar-refractivity contribution in [1.82, 2.24) is 9.97 Å². The summed E-state index contributed by atoms with van der Waals surface area (Å²) in [5, 5.41) is 2.07. The fourth-order valence-corrected chi connectivity index (χ4v) is 3.68. The molecular formula is C16H10BrN3S. The maximum Gasteiger partial charge on any atom is 0.172 e. The van der Waals surface area contributed by atoms with Gasteiger partial charge in [-0.1, -0.05) is 34.1 Å². The molecule has 21 heavy (non-hydrogen) atoms. The van der Waals surface area contributed by atoms with Crippen LogP contribution in [-0.4, -0.2) is 9.97 Å². The van der Waals surface area contributed by atoms with Crippen LogP contribution in [0.4, 0.5) is 5.82 Å². The Balaban J connectivity index is 1.95. The van der Waals surface area contributed by atoms with E-state index in [2.05, 4.69) is 44.1 Å². The number of nitrogens with two attached hydrogens (primary N) is 1. The summed E-state index contributed by atoms with van der Waals surface area (Å²) in [5.41, 5.74) is 6.95. The molecule has 0 saturated heterocycles. The molecule has 0 unspecified atom stereocenters. The summed E-state index contributed by atoms with van der Waals surface area (Å²) in [6, 6.07) is 16.2. The minimum atomic E-state index is 0.508. The summed E-state index contributed by atoms with van der Waals surface area (Å²) in [6.07, 6.45) is 0. The molecule has 102 valence electrons. The van der Waals surface area contributed by atoms with E-state index in [9.17, 15) is 0 Å². The summed E-state index contributed by atoms with van der Waals surface area (Å²) in [6.45, 7) is 0. The molecule has 2 aromatic heterocycles. The van der Waals surface area contributed by atoms with Gasteiger partial charge in [0.15, 0.2) is 5.82 Å². The second-order valence-electron chi connectivity index (χ2n) is 4.74. The van der Waals surface area contributed by atoms with Crippen LogP contribution in [-0.2, 0) is 0 Å². The van der Waals surface area contributed by atoms with Crippen LogP contribution in [0.25, 0.3) is 31.7 Å². The lowest BCUT2D eigenvalue weighted by Gasteiger charge is -2.04. The van der Waals surface area contributed by atoms with Gasteiger partial charge in [0.2, 0.25) is 0 Å². The van der Waals surface area contributed by atoms with Crippen LogP contribution < -0.4 is 5.73 Å². The molecule has 0 amide bonds. The third-order valence-corrected chi connectivity index (χ3v) is 4.94. The number of rotatable bonds is 1. The Bertz CT molecular complexity index is 945. The quantitative estimate of drug-likeness (QED) is 0.530. The number of halogens is 1. The van der Waals surface area contributed by atoms with Crippen molar-refractivity contribution in [3.8, 4) is 10.7 Å². The van der Waals surface area contributed by atoms with Gasteiger partial charge >= 0.3 is 0 Å². The minimum absolute atomic E-state index is 0.508. The predicted octanol–water partition coefficient (Wildman–Crippen LogP) is 4.86. The maximum absolute atomic E-state index is 6.09. The molecule has 0 aliphatic heterocycles. The fourth-order valence-electron chi connectivity index (χ4n) is 2.33. The van der Waals surface area contributed by atoms with Gasteiger partial charge in [-0.3, -0.25) is 0 Å². The van der Waals surface area contributed by atoms with Gasteiger partial charge in [-0.05, 0) is 35.7 Å². The van der Waals surface area contributed by atoms with Crippen LogP contribution in [0.3, 0.4) is 0 Å². The molecule has 2 heterocycles. The van der Waals surface area contributed by atoms with Gasteiger partial charge in [0.05, 0.1) is 10.4 Å². The minimum Gasteiger partial charge on any atom is -0.383 e. The molecule has 0 fully saturated rings. The van der Waals surface area contributed by atoms with Gasteiger partial charge in [0.25, 0.3) is 0 Å². The van der Waals surface area contributed by atoms with E-state index in [0.717, 1.165) is 20.3 Å². The molecule has 4 aromatic rings. The van der Waals surface area contributed by atoms with Crippen LogP contribution in [0.1, 0.15) is 0 Å². The summed E-state index contributed by atoms with van der Waals surface area (Å²) < 4.78 is 2.20. The second-order valence-corrected chi connectivity index (χ2v) is 6.74. The first kappa shape index (κ1) is 12.7. The van der Waals surface area contributed by atoms with Crippen molar-refractivity contribution in [1.29, 1.82) is 0 Å². The van der Waals surface area contributed by atoms with Crippen LogP contribution in [0, 0.1) is 0 Å². The SMILES string of the molecule is Nc1nc(-c2cc3ccccc3s2)nc2ccc(Br)cc12. The van der Waals surface area contributed by atoms with Crippen molar-refractivity contribution in [2.75, 3.05) is 5.73 Å². The van der Waals surface area contributed by atoms with Crippen molar-refractivity contribution in [2.24, 2.45) is 0 Å². The summed E-state index contributed by atoms with van der Waals surface area (Å²) in [7, 11) is 0. The van der Waals surface area contributed by atoms with E-state index in [4.69, 9.17) is 5.73 Å². The summed E-state index contributed by atoms with van der Waals surface area (Å²) in [5.74, 6) is 1.19. The number of benzene rings is 2. The van der Waals surface area contributed by atoms with E-state index in [-0.39, 0.29) is 0 Å². The third kappa shape index (κ3) is 2.18. The molecule has 2 N–H and O–H groups in total. The van der Waals surface area contributed by atoms with Crippen molar-refractivity contribution in [3.63, 3.8) is 0 Å². The van der Waals surface area contributed by atoms with Crippen molar-refractivity contribution >= 4 is 54.1 Å². The number of nitrogens with zero attached hydrogens (tertiary/aromatic N) is 2. The predicted molar refractivity (Wildman–Crippen MR) is 92.5 cm³/mol. The van der Waals surface area contributed by atoms with Crippen LogP contribution in [0.5, 0.6) is 0 Å². The third-order valence-electron chi connectivity index (χ3n) is 3.33. The van der Waals surface area contributed by atoms with Crippen molar-refractivity contribution in [3.05, 3.63) is 53.0 Å². The molecule has 3 nitrogen and oxygen atoms in total. The first-order chi connectivity index (χ1) is 10.2. The number of fused-ring (bicyclic) bond motifs is 2. The summed E-state index contributed by atoms with van der Waals surface area (Å²) >= 11 is 5.13. The Morgan fingerprint density at radius 2 is 1.86 bits per heavy atom. The zero-order chi connectivity index (χ0) is 14.4. The molecule has 4 rings (SSSR count). The van der Waals surface area contributed by atoms with E-state index < -0.39 is 0 Å². The Hall–Kier alpha value is -1.98. The van der Waals surface area contributed by atoms with Crippen molar-refractivity contribution in [2.45, 2.75) is 0 Å². The second kappa shape index (κ2) is 4.79. The van der Waals surface area contributed by atoms with E-state index in [1.165, 1.54) is 10.1 Å². The van der Waals surface area contributed by atoms with Crippen LogP contribution in [0.2, 0.25) is 0 Å². The van der Waals surface area contributed by atoms with Gasteiger partial charge < -0.3 is 5.73 Å². The molecular weight excluding hydrogens is 346 g/mol. The lowest BCUT2D eigenvalue weighted by atomic mass is 10.2. The van der Waals surface area contributed by atoms with Gasteiger partial charge in [-0.25, -0.2) is 9.97 Å². The lowest BCUT2D eigenvalue weighted by molar-refractivity contribution is 1.25. The van der Waals surface area contributed by atoms with Crippen molar-refractivity contribution < 1.29 is 0 Å². The molecule has 0 radical (unpaired) electrons.